The molecule has 2 aliphatic rings. The molecule has 7 nitrogen and oxygen atoms in total. The van der Waals surface area contributed by atoms with Crippen molar-refractivity contribution < 1.29 is 18.7 Å². The van der Waals surface area contributed by atoms with Crippen LogP contribution < -0.4 is 0 Å². The number of oxazole rings is 1. The summed E-state index contributed by atoms with van der Waals surface area (Å²) in [7, 11) is 0. The molecule has 0 saturated carbocycles. The number of nitrogens with zero attached hydrogens (tertiary/aromatic N) is 3. The van der Waals surface area contributed by atoms with E-state index < -0.39 is 0 Å². The number of aryl methyl sites for hydroxylation is 1. The topological polar surface area (TPSA) is 75.9 Å². The summed E-state index contributed by atoms with van der Waals surface area (Å²) >= 11 is 6.01. The van der Waals surface area contributed by atoms with Crippen LogP contribution in [0.3, 0.4) is 0 Å². The molecule has 3 heterocycles. The van der Waals surface area contributed by atoms with Crippen LogP contribution in [-0.4, -0.2) is 58.6 Å². The first kappa shape index (κ1) is 16.9. The number of hydrogen-bond acceptors (Lipinski definition) is 5. The van der Waals surface area contributed by atoms with Gasteiger partial charge in [0.25, 0.3) is 5.91 Å². The lowest BCUT2D eigenvalue weighted by atomic mass is 10.1. The molecule has 0 N–H and O–H groups in total. The molecule has 4 rings (SSSR count). The number of benzene rings is 1. The van der Waals surface area contributed by atoms with Gasteiger partial charge in [-0.05, 0) is 31.0 Å². The van der Waals surface area contributed by atoms with E-state index in [9.17, 15) is 9.59 Å². The quantitative estimate of drug-likeness (QED) is 0.820. The van der Waals surface area contributed by atoms with Gasteiger partial charge >= 0.3 is 6.09 Å². The Morgan fingerprint density at radius 3 is 2.96 bits per heavy atom. The lowest BCUT2D eigenvalue weighted by Crippen LogP contribution is -2.40. The molecule has 2 aromatic rings. The Morgan fingerprint density at radius 2 is 2.23 bits per heavy atom. The molecule has 2 saturated heterocycles. The summed E-state index contributed by atoms with van der Waals surface area (Å²) in [4.78, 5) is 32.1. The van der Waals surface area contributed by atoms with Crippen molar-refractivity contribution in [2.45, 2.75) is 25.5 Å². The van der Waals surface area contributed by atoms with Crippen LogP contribution in [0.2, 0.25) is 5.02 Å². The fraction of sp³-hybridized carbons (Fsp3) is 0.389. The third-order valence-corrected chi connectivity index (χ3v) is 5.12. The fourth-order valence-corrected chi connectivity index (χ4v) is 3.74. The Morgan fingerprint density at radius 1 is 1.38 bits per heavy atom. The predicted molar refractivity (Wildman–Crippen MR) is 93.1 cm³/mol. The van der Waals surface area contributed by atoms with Gasteiger partial charge in [0.1, 0.15) is 11.9 Å². The lowest BCUT2D eigenvalue weighted by Gasteiger charge is -2.22. The molecule has 2 aliphatic heterocycles. The third kappa shape index (κ3) is 3.03. The second-order valence-corrected chi connectivity index (χ2v) is 6.97. The zero-order chi connectivity index (χ0) is 18.3. The fourth-order valence-electron chi connectivity index (χ4n) is 3.53. The summed E-state index contributed by atoms with van der Waals surface area (Å²) in [5, 5.41) is 0.671. The summed E-state index contributed by atoms with van der Waals surface area (Å²) in [5.41, 5.74) is 1.36. The van der Waals surface area contributed by atoms with Crippen LogP contribution in [0.4, 0.5) is 4.79 Å². The molecule has 0 radical (unpaired) electrons. The summed E-state index contributed by atoms with van der Waals surface area (Å²) in [6, 6.07) is 7.43. The van der Waals surface area contributed by atoms with E-state index in [0.717, 1.165) is 5.56 Å². The molecular formula is C18H18ClN3O4. The van der Waals surface area contributed by atoms with Gasteiger partial charge < -0.3 is 14.1 Å². The standard InChI is InChI=1S/C18H18ClN3O4/c1-11-16(20-10-25-11)17(23)21-8-14-15(9-21)26-18(24)22(14)6-5-12-3-2-4-13(19)7-12/h2-4,7,10,14-15H,5-6,8-9H2,1H3/t14-,15+/m0/s1. The lowest BCUT2D eigenvalue weighted by molar-refractivity contribution is 0.0722. The van der Waals surface area contributed by atoms with Crippen molar-refractivity contribution in [1.82, 2.24) is 14.8 Å². The minimum atomic E-state index is -0.327. The number of carbonyl (C=O) groups is 2. The number of rotatable bonds is 4. The normalized spacial score (nSPS) is 21.8. The summed E-state index contributed by atoms with van der Waals surface area (Å²) in [6.45, 7) is 3.02. The zero-order valence-electron chi connectivity index (χ0n) is 14.2. The molecule has 1 aromatic heterocycles. The van der Waals surface area contributed by atoms with Gasteiger partial charge in [-0.15, -0.1) is 0 Å². The first-order chi connectivity index (χ1) is 12.5. The molecule has 2 atom stereocenters. The monoisotopic (exact) mass is 375 g/mol. The number of ether oxygens (including phenoxy) is 1. The Kier molecular flexibility index (Phi) is 4.32. The van der Waals surface area contributed by atoms with E-state index in [1.165, 1.54) is 6.39 Å². The van der Waals surface area contributed by atoms with Gasteiger partial charge in [0, 0.05) is 18.1 Å². The van der Waals surface area contributed by atoms with Gasteiger partial charge in [-0.1, -0.05) is 23.7 Å². The number of carbonyl (C=O) groups excluding carboxylic acids is 2. The van der Waals surface area contributed by atoms with Crippen molar-refractivity contribution in [2.75, 3.05) is 19.6 Å². The molecule has 2 amide bonds. The second kappa shape index (κ2) is 6.64. The zero-order valence-corrected chi connectivity index (χ0v) is 15.0. The van der Waals surface area contributed by atoms with Gasteiger partial charge in [-0.25, -0.2) is 9.78 Å². The number of halogens is 1. The number of amides is 2. The maximum atomic E-state index is 12.6. The Bertz CT molecular complexity index is 852. The van der Waals surface area contributed by atoms with Gasteiger partial charge in [0.05, 0.1) is 12.6 Å². The van der Waals surface area contributed by atoms with E-state index in [2.05, 4.69) is 4.98 Å². The van der Waals surface area contributed by atoms with E-state index in [1.807, 2.05) is 24.3 Å². The van der Waals surface area contributed by atoms with Gasteiger partial charge in [0.15, 0.2) is 12.1 Å². The van der Waals surface area contributed by atoms with Crippen LogP contribution in [0, 0.1) is 6.92 Å². The van der Waals surface area contributed by atoms with Crippen LogP contribution in [0.25, 0.3) is 0 Å². The Balaban J connectivity index is 1.43. The average molecular weight is 376 g/mol. The Labute approximate surface area is 155 Å². The minimum absolute atomic E-state index is 0.141. The van der Waals surface area contributed by atoms with Crippen molar-refractivity contribution in [2.24, 2.45) is 0 Å². The highest BCUT2D eigenvalue weighted by Crippen LogP contribution is 2.28. The maximum absolute atomic E-state index is 12.6. The van der Waals surface area contributed by atoms with Gasteiger partial charge in [-0.2, -0.15) is 0 Å². The van der Waals surface area contributed by atoms with E-state index in [4.69, 9.17) is 20.8 Å². The van der Waals surface area contributed by atoms with E-state index in [1.54, 1.807) is 16.7 Å². The predicted octanol–water partition coefficient (Wildman–Crippen LogP) is 2.52. The van der Waals surface area contributed by atoms with E-state index >= 15 is 0 Å². The second-order valence-electron chi connectivity index (χ2n) is 6.53. The molecule has 136 valence electrons. The van der Waals surface area contributed by atoms with E-state index in [-0.39, 0.29) is 24.1 Å². The maximum Gasteiger partial charge on any atom is 0.410 e. The first-order valence-electron chi connectivity index (χ1n) is 8.44. The number of likely N-dealkylation sites (tertiary alicyclic amines) is 1. The highest BCUT2D eigenvalue weighted by atomic mass is 35.5. The number of hydrogen-bond donors (Lipinski definition) is 0. The molecule has 1 aromatic carbocycles. The van der Waals surface area contributed by atoms with Gasteiger partial charge in [-0.3, -0.25) is 9.69 Å². The molecular weight excluding hydrogens is 358 g/mol. The molecule has 0 bridgehead atoms. The molecule has 0 unspecified atom stereocenters. The largest absolute Gasteiger partial charge is 0.448 e. The van der Waals surface area contributed by atoms with Crippen molar-refractivity contribution >= 4 is 23.6 Å². The average Bonchev–Trinajstić information content (AvgIpc) is 3.27. The summed E-state index contributed by atoms with van der Waals surface area (Å²) < 4.78 is 10.6. The van der Waals surface area contributed by atoms with Crippen molar-refractivity contribution in [1.29, 1.82) is 0 Å². The van der Waals surface area contributed by atoms with E-state index in [0.29, 0.717) is 42.5 Å². The van der Waals surface area contributed by atoms with Crippen LogP contribution in [0.5, 0.6) is 0 Å². The SMILES string of the molecule is Cc1ocnc1C(=O)N1C[C@H]2OC(=O)N(CCc3cccc(Cl)c3)[C@H]2C1. The minimum Gasteiger partial charge on any atom is -0.448 e. The van der Waals surface area contributed by atoms with Crippen LogP contribution >= 0.6 is 11.6 Å². The van der Waals surface area contributed by atoms with Crippen LogP contribution in [-0.2, 0) is 11.2 Å². The van der Waals surface area contributed by atoms with Crippen molar-refractivity contribution in [3.63, 3.8) is 0 Å². The number of fused-ring (bicyclic) bond motifs is 1. The molecule has 0 aliphatic carbocycles. The smallest absolute Gasteiger partial charge is 0.410 e. The summed E-state index contributed by atoms with van der Waals surface area (Å²) in [6.07, 6.45) is 1.30. The number of aromatic nitrogens is 1. The van der Waals surface area contributed by atoms with Crippen molar-refractivity contribution in [3.05, 3.63) is 52.7 Å². The molecule has 26 heavy (non-hydrogen) atoms. The van der Waals surface area contributed by atoms with Crippen molar-refractivity contribution in [3.8, 4) is 0 Å². The van der Waals surface area contributed by atoms with Gasteiger partial charge in [0.2, 0.25) is 0 Å². The molecule has 2 fully saturated rings. The highest BCUT2D eigenvalue weighted by Gasteiger charge is 2.49. The molecule has 0 spiro atoms. The highest BCUT2D eigenvalue weighted by molar-refractivity contribution is 6.30. The van der Waals surface area contributed by atoms with Crippen LogP contribution in [0.15, 0.2) is 35.1 Å². The molecule has 8 heteroatoms. The Hall–Kier alpha value is -2.54. The van der Waals surface area contributed by atoms with Crippen LogP contribution in [0.1, 0.15) is 21.8 Å². The summed E-state index contributed by atoms with van der Waals surface area (Å²) in [5.74, 6) is 0.290. The first-order valence-corrected chi connectivity index (χ1v) is 8.82. The third-order valence-electron chi connectivity index (χ3n) is 4.89.